The van der Waals surface area contributed by atoms with Gasteiger partial charge in [-0.05, 0) is 19.8 Å². The molecule has 2 aliphatic heterocycles. The van der Waals surface area contributed by atoms with E-state index in [1.165, 1.54) is 0 Å². The summed E-state index contributed by atoms with van der Waals surface area (Å²) in [6.45, 7) is 3.96. The highest BCUT2D eigenvalue weighted by molar-refractivity contribution is 7.09. The van der Waals surface area contributed by atoms with Crippen molar-refractivity contribution in [3.05, 3.63) is 28.5 Å². The molecule has 2 fully saturated rings. The summed E-state index contributed by atoms with van der Waals surface area (Å²) in [7, 11) is 1.89. The summed E-state index contributed by atoms with van der Waals surface area (Å²) in [6.07, 6.45) is 6.32. The summed E-state index contributed by atoms with van der Waals surface area (Å²) in [6, 6.07) is 0.690. The molecule has 0 saturated carbocycles. The smallest absolute Gasteiger partial charge is 0.227 e. The van der Waals surface area contributed by atoms with Crippen molar-refractivity contribution in [1.82, 2.24) is 19.7 Å². The van der Waals surface area contributed by atoms with Crippen molar-refractivity contribution in [2.75, 3.05) is 11.4 Å². The number of nitrogens with zero attached hydrogens (tertiary/aromatic N) is 5. The Hall–Kier alpha value is -1.73. The van der Waals surface area contributed by atoms with Gasteiger partial charge in [-0.15, -0.1) is 11.3 Å². The minimum atomic E-state index is 0.227. The largest absolute Gasteiger partial charge is 0.305 e. The molecule has 0 radical (unpaired) electrons. The molecule has 2 aromatic rings. The lowest BCUT2D eigenvalue weighted by molar-refractivity contribution is -0.120. The topological polar surface area (TPSA) is 54.3 Å². The summed E-state index contributed by atoms with van der Waals surface area (Å²) in [5.41, 5.74) is 2.08. The van der Waals surface area contributed by atoms with E-state index in [4.69, 9.17) is 0 Å². The van der Waals surface area contributed by atoms with Gasteiger partial charge >= 0.3 is 0 Å². The highest BCUT2D eigenvalue weighted by Crippen LogP contribution is 2.35. The third-order valence-corrected chi connectivity index (χ3v) is 5.70. The van der Waals surface area contributed by atoms with Crippen molar-refractivity contribution < 1.29 is 4.79 Å². The minimum Gasteiger partial charge on any atom is -0.305 e. The molecule has 1 amide bonds. The third-order valence-electron chi connectivity index (χ3n) is 4.88. The van der Waals surface area contributed by atoms with E-state index in [9.17, 15) is 4.79 Å². The van der Waals surface area contributed by atoms with E-state index in [2.05, 4.69) is 20.4 Å². The van der Waals surface area contributed by atoms with E-state index >= 15 is 0 Å². The van der Waals surface area contributed by atoms with Gasteiger partial charge in [0.2, 0.25) is 5.91 Å². The zero-order valence-electron chi connectivity index (χ0n) is 13.5. The molecular weight excluding hydrogens is 310 g/mol. The molecule has 0 spiro atoms. The number of thiazole rings is 1. The van der Waals surface area contributed by atoms with Crippen LogP contribution in [-0.4, -0.2) is 44.2 Å². The summed E-state index contributed by atoms with van der Waals surface area (Å²) in [5.74, 6) is 0.227. The number of hydrogen-bond acceptors (Lipinski definition) is 5. The number of fused-ring (bicyclic) bond motifs is 1. The first kappa shape index (κ1) is 14.8. The van der Waals surface area contributed by atoms with Crippen LogP contribution < -0.4 is 4.90 Å². The van der Waals surface area contributed by atoms with Crippen LogP contribution in [0.2, 0.25) is 0 Å². The van der Waals surface area contributed by atoms with Crippen molar-refractivity contribution in [1.29, 1.82) is 0 Å². The maximum absolute atomic E-state index is 12.5. The van der Waals surface area contributed by atoms with Crippen LogP contribution in [0, 0.1) is 6.92 Å². The maximum Gasteiger partial charge on any atom is 0.227 e. The molecule has 7 heteroatoms. The molecule has 6 nitrogen and oxygen atoms in total. The molecule has 4 heterocycles. The standard InChI is InChI=1S/C16H21N5OS/c1-11-18-12(10-23-11)8-20-6-5-15-14(20)3-4-16(22)21(15)13-7-17-19(2)9-13/h7,9-10,14-15H,3-6,8H2,1-2H3/t14-,15-/m1/s1. The van der Waals surface area contributed by atoms with Crippen LogP contribution in [0.4, 0.5) is 5.69 Å². The second-order valence-corrected chi connectivity index (χ2v) is 7.49. The first-order valence-electron chi connectivity index (χ1n) is 8.07. The Balaban J connectivity index is 1.55. The summed E-state index contributed by atoms with van der Waals surface area (Å²) in [4.78, 5) is 21.5. The van der Waals surface area contributed by atoms with E-state index in [1.807, 2.05) is 25.1 Å². The van der Waals surface area contributed by atoms with Crippen LogP contribution in [0.3, 0.4) is 0 Å². The normalized spacial score (nSPS) is 25.1. The van der Waals surface area contributed by atoms with Crippen molar-refractivity contribution in [2.24, 2.45) is 7.05 Å². The lowest BCUT2D eigenvalue weighted by Crippen LogP contribution is -2.52. The molecule has 0 bridgehead atoms. The van der Waals surface area contributed by atoms with Gasteiger partial charge < -0.3 is 4.90 Å². The molecule has 0 aliphatic carbocycles. The number of carbonyl (C=O) groups excluding carboxylic acids is 1. The molecule has 2 aromatic heterocycles. The highest BCUT2D eigenvalue weighted by Gasteiger charge is 2.44. The van der Waals surface area contributed by atoms with Gasteiger partial charge in [0, 0.05) is 44.2 Å². The molecule has 0 N–H and O–H groups in total. The van der Waals surface area contributed by atoms with E-state index < -0.39 is 0 Å². The van der Waals surface area contributed by atoms with Gasteiger partial charge in [-0.3, -0.25) is 14.4 Å². The molecular formula is C16H21N5OS. The maximum atomic E-state index is 12.5. The minimum absolute atomic E-state index is 0.227. The van der Waals surface area contributed by atoms with Crippen molar-refractivity contribution in [3.8, 4) is 0 Å². The van der Waals surface area contributed by atoms with Crippen molar-refractivity contribution in [3.63, 3.8) is 0 Å². The summed E-state index contributed by atoms with van der Waals surface area (Å²) >= 11 is 1.70. The molecule has 122 valence electrons. The molecule has 23 heavy (non-hydrogen) atoms. The van der Waals surface area contributed by atoms with Gasteiger partial charge in [0.05, 0.1) is 28.6 Å². The van der Waals surface area contributed by atoms with Crippen molar-refractivity contribution >= 4 is 22.9 Å². The van der Waals surface area contributed by atoms with Gasteiger partial charge in [-0.2, -0.15) is 5.10 Å². The number of aromatic nitrogens is 3. The Morgan fingerprint density at radius 1 is 1.35 bits per heavy atom. The molecule has 4 rings (SSSR count). The van der Waals surface area contributed by atoms with Gasteiger partial charge in [0.15, 0.2) is 0 Å². The zero-order valence-corrected chi connectivity index (χ0v) is 14.3. The van der Waals surface area contributed by atoms with Gasteiger partial charge in [-0.25, -0.2) is 4.98 Å². The number of hydrogen-bond donors (Lipinski definition) is 0. The van der Waals surface area contributed by atoms with Crippen LogP contribution in [0.5, 0.6) is 0 Å². The second kappa shape index (κ2) is 5.72. The fraction of sp³-hybridized carbons (Fsp3) is 0.562. The van der Waals surface area contributed by atoms with E-state index in [0.29, 0.717) is 12.5 Å². The first-order chi connectivity index (χ1) is 11.1. The molecule has 0 unspecified atom stereocenters. The fourth-order valence-corrected chi connectivity index (χ4v) is 4.51. The monoisotopic (exact) mass is 331 g/mol. The second-order valence-electron chi connectivity index (χ2n) is 6.43. The fourth-order valence-electron chi connectivity index (χ4n) is 3.91. The van der Waals surface area contributed by atoms with Crippen LogP contribution >= 0.6 is 11.3 Å². The highest BCUT2D eigenvalue weighted by atomic mass is 32.1. The Kier molecular flexibility index (Phi) is 3.69. The predicted molar refractivity (Wildman–Crippen MR) is 89.4 cm³/mol. The van der Waals surface area contributed by atoms with Gasteiger partial charge in [0.1, 0.15) is 0 Å². The number of anilines is 1. The van der Waals surface area contributed by atoms with Crippen LogP contribution in [0.1, 0.15) is 30.0 Å². The number of rotatable bonds is 3. The Morgan fingerprint density at radius 2 is 2.22 bits per heavy atom. The average molecular weight is 331 g/mol. The lowest BCUT2D eigenvalue weighted by atomic mass is 9.96. The Labute approximate surface area is 139 Å². The van der Waals surface area contributed by atoms with E-state index in [0.717, 1.165) is 42.3 Å². The predicted octanol–water partition coefficient (Wildman–Crippen LogP) is 1.95. The van der Waals surface area contributed by atoms with Crippen molar-refractivity contribution in [2.45, 2.75) is 44.8 Å². The lowest BCUT2D eigenvalue weighted by Gasteiger charge is -2.39. The number of piperidine rings is 1. The quantitative estimate of drug-likeness (QED) is 0.863. The summed E-state index contributed by atoms with van der Waals surface area (Å²) in [5, 5.41) is 7.50. The van der Waals surface area contributed by atoms with Crippen LogP contribution in [0.25, 0.3) is 0 Å². The van der Waals surface area contributed by atoms with E-state index in [-0.39, 0.29) is 11.9 Å². The number of carbonyl (C=O) groups is 1. The molecule has 2 atom stereocenters. The average Bonchev–Trinajstić information content (AvgIpc) is 3.21. The van der Waals surface area contributed by atoms with Gasteiger partial charge in [-0.1, -0.05) is 0 Å². The number of amides is 1. The molecule has 2 saturated heterocycles. The zero-order chi connectivity index (χ0) is 16.0. The van der Waals surface area contributed by atoms with Crippen LogP contribution in [0.15, 0.2) is 17.8 Å². The molecule has 2 aliphatic rings. The third kappa shape index (κ3) is 2.68. The number of likely N-dealkylation sites (tertiary alicyclic amines) is 1. The van der Waals surface area contributed by atoms with Gasteiger partial charge in [0.25, 0.3) is 0 Å². The Bertz CT molecular complexity index is 724. The van der Waals surface area contributed by atoms with Crippen LogP contribution in [-0.2, 0) is 18.4 Å². The molecule has 0 aromatic carbocycles. The Morgan fingerprint density at radius 3 is 2.91 bits per heavy atom. The summed E-state index contributed by atoms with van der Waals surface area (Å²) < 4.78 is 1.76. The van der Waals surface area contributed by atoms with E-state index in [1.54, 1.807) is 22.2 Å². The SMILES string of the molecule is Cc1nc(CN2CC[C@@H]3[C@H]2CCC(=O)N3c2cnn(C)c2)cs1. The first-order valence-corrected chi connectivity index (χ1v) is 8.95. The number of aryl methyl sites for hydroxylation is 2.